The third kappa shape index (κ3) is 2.93. The highest BCUT2D eigenvalue weighted by molar-refractivity contribution is 7.91. The first-order valence-corrected chi connectivity index (χ1v) is 6.74. The zero-order valence-corrected chi connectivity index (χ0v) is 9.87. The molecule has 0 aromatic rings. The smallest absolute Gasteiger partial charge is 0.310 e. The fraction of sp³-hybridized carbons (Fsp3) is 0.889. The van der Waals surface area contributed by atoms with Gasteiger partial charge >= 0.3 is 5.97 Å². The van der Waals surface area contributed by atoms with Gasteiger partial charge in [0.1, 0.15) is 0 Å². The van der Waals surface area contributed by atoms with Crippen LogP contribution in [0.2, 0.25) is 0 Å². The number of sulfone groups is 1. The molecule has 0 aromatic heterocycles. The highest BCUT2D eigenvalue weighted by Crippen LogP contribution is 2.37. The van der Waals surface area contributed by atoms with E-state index in [2.05, 4.69) is 0 Å². The van der Waals surface area contributed by atoms with Crippen molar-refractivity contribution in [2.24, 2.45) is 5.41 Å². The Hall–Kier alpha value is -0.660. The third-order valence-electron chi connectivity index (χ3n) is 2.83. The number of hydrogen-bond donors (Lipinski definition) is 2. The van der Waals surface area contributed by atoms with Crippen molar-refractivity contribution in [3.8, 4) is 0 Å². The molecule has 0 spiro atoms. The lowest BCUT2D eigenvalue weighted by Gasteiger charge is -2.24. The van der Waals surface area contributed by atoms with Crippen molar-refractivity contribution in [3.05, 3.63) is 0 Å². The summed E-state index contributed by atoms with van der Waals surface area (Å²) in [5.74, 6) is -1.68. The summed E-state index contributed by atoms with van der Waals surface area (Å²) < 4.78 is 27.3. The number of aliphatic hydroxyl groups excluding tert-OH is 1. The van der Waals surface area contributed by atoms with Gasteiger partial charge in [0.05, 0.1) is 29.6 Å². The maximum absolute atomic E-state index is 11.3. The second-order valence-electron chi connectivity index (χ2n) is 4.24. The summed E-state index contributed by atoms with van der Waals surface area (Å²) in [6.07, 6.45) is -0.977. The number of aliphatic hydroxyl groups is 1. The Bertz CT molecular complexity index is 362. The molecule has 7 heteroatoms. The zero-order valence-electron chi connectivity index (χ0n) is 9.05. The van der Waals surface area contributed by atoms with Gasteiger partial charge in [0.25, 0.3) is 0 Å². The molecule has 2 N–H and O–H groups in total. The molecule has 2 unspecified atom stereocenters. The molecule has 0 radical (unpaired) electrons. The molecule has 0 aliphatic carbocycles. The van der Waals surface area contributed by atoms with E-state index in [1.165, 1.54) is 7.11 Å². The van der Waals surface area contributed by atoms with E-state index in [0.717, 1.165) is 0 Å². The monoisotopic (exact) mass is 252 g/mol. The van der Waals surface area contributed by atoms with Crippen molar-refractivity contribution < 1.29 is 28.2 Å². The van der Waals surface area contributed by atoms with Gasteiger partial charge in [-0.25, -0.2) is 8.42 Å². The molecule has 0 amide bonds. The largest absolute Gasteiger partial charge is 0.481 e. The van der Waals surface area contributed by atoms with Crippen molar-refractivity contribution in [2.45, 2.75) is 18.9 Å². The van der Waals surface area contributed by atoms with Crippen LogP contribution in [0.5, 0.6) is 0 Å². The number of hydrogen-bond acceptors (Lipinski definition) is 5. The molecule has 1 fully saturated rings. The minimum absolute atomic E-state index is 0.00901. The van der Waals surface area contributed by atoms with E-state index in [9.17, 15) is 18.3 Å². The summed E-state index contributed by atoms with van der Waals surface area (Å²) in [6.45, 7) is 0.00901. The molecular weight excluding hydrogens is 236 g/mol. The predicted molar refractivity (Wildman–Crippen MR) is 55.8 cm³/mol. The average molecular weight is 252 g/mol. The SMILES string of the molecule is COCC(O)CC1(C(=O)O)CCS(=O)(=O)C1. The van der Waals surface area contributed by atoms with Gasteiger partial charge in [-0.05, 0) is 12.8 Å². The fourth-order valence-electron chi connectivity index (χ4n) is 2.04. The highest BCUT2D eigenvalue weighted by Gasteiger charge is 2.49. The summed E-state index contributed by atoms with van der Waals surface area (Å²) >= 11 is 0. The van der Waals surface area contributed by atoms with Crippen LogP contribution in [0, 0.1) is 5.41 Å². The van der Waals surface area contributed by atoms with Crippen LogP contribution in [0.25, 0.3) is 0 Å². The first-order chi connectivity index (χ1) is 7.31. The maximum atomic E-state index is 11.3. The van der Waals surface area contributed by atoms with E-state index in [0.29, 0.717) is 0 Å². The van der Waals surface area contributed by atoms with Crippen molar-refractivity contribution in [3.63, 3.8) is 0 Å². The normalized spacial score (nSPS) is 30.1. The summed E-state index contributed by atoms with van der Waals surface area (Å²) in [6, 6.07) is 0. The van der Waals surface area contributed by atoms with E-state index in [4.69, 9.17) is 9.84 Å². The van der Waals surface area contributed by atoms with Crippen LogP contribution in [0.4, 0.5) is 0 Å². The average Bonchev–Trinajstić information content (AvgIpc) is 2.43. The van der Waals surface area contributed by atoms with E-state index in [1.54, 1.807) is 0 Å². The van der Waals surface area contributed by atoms with E-state index >= 15 is 0 Å². The summed E-state index contributed by atoms with van der Waals surface area (Å²) in [5, 5.41) is 18.6. The predicted octanol–water partition coefficient (Wildman–Crippen LogP) is -0.727. The van der Waals surface area contributed by atoms with Gasteiger partial charge in [0.2, 0.25) is 0 Å². The molecule has 0 aromatic carbocycles. The minimum atomic E-state index is -3.29. The first kappa shape index (κ1) is 13.4. The lowest BCUT2D eigenvalue weighted by Crippen LogP contribution is -2.37. The van der Waals surface area contributed by atoms with E-state index in [-0.39, 0.29) is 25.2 Å². The third-order valence-corrected chi connectivity index (χ3v) is 4.65. The second kappa shape index (κ2) is 4.68. The number of ether oxygens (including phenoxy) is 1. The van der Waals surface area contributed by atoms with Crippen molar-refractivity contribution in [1.82, 2.24) is 0 Å². The number of methoxy groups -OCH3 is 1. The van der Waals surface area contributed by atoms with Crippen LogP contribution in [-0.2, 0) is 19.4 Å². The van der Waals surface area contributed by atoms with Gasteiger partial charge in [-0.15, -0.1) is 0 Å². The topological polar surface area (TPSA) is 101 Å². The van der Waals surface area contributed by atoms with Gasteiger partial charge in [-0.2, -0.15) is 0 Å². The molecule has 94 valence electrons. The maximum Gasteiger partial charge on any atom is 0.310 e. The van der Waals surface area contributed by atoms with Gasteiger partial charge in [0.15, 0.2) is 9.84 Å². The van der Waals surface area contributed by atoms with Gasteiger partial charge in [-0.1, -0.05) is 0 Å². The Morgan fingerprint density at radius 1 is 1.56 bits per heavy atom. The number of carbonyl (C=O) groups is 1. The Balaban J connectivity index is 2.80. The van der Waals surface area contributed by atoms with Gasteiger partial charge in [-0.3, -0.25) is 4.79 Å². The standard InChI is InChI=1S/C9H16O6S/c1-15-5-7(10)4-9(8(11)12)2-3-16(13,14)6-9/h7,10H,2-6H2,1H3,(H,11,12). The molecule has 1 aliphatic heterocycles. The van der Waals surface area contributed by atoms with Crippen molar-refractivity contribution in [1.29, 1.82) is 0 Å². The minimum Gasteiger partial charge on any atom is -0.481 e. The zero-order chi connectivity index (χ0) is 12.4. The molecule has 6 nitrogen and oxygen atoms in total. The van der Waals surface area contributed by atoms with Crippen LogP contribution in [0.1, 0.15) is 12.8 Å². The Morgan fingerprint density at radius 3 is 2.56 bits per heavy atom. The highest BCUT2D eigenvalue weighted by atomic mass is 32.2. The molecule has 0 saturated carbocycles. The number of rotatable bonds is 5. The number of aliphatic carboxylic acids is 1. The first-order valence-electron chi connectivity index (χ1n) is 4.92. The molecule has 1 heterocycles. The van der Waals surface area contributed by atoms with Crippen LogP contribution in [-0.4, -0.2) is 55.9 Å². The fourth-order valence-corrected chi connectivity index (χ4v) is 4.11. The summed E-state index contributed by atoms with van der Waals surface area (Å²) in [5.41, 5.74) is -1.35. The summed E-state index contributed by atoms with van der Waals surface area (Å²) in [7, 11) is -1.90. The Kier molecular flexibility index (Phi) is 3.92. The van der Waals surface area contributed by atoms with Gasteiger partial charge in [0, 0.05) is 7.11 Å². The van der Waals surface area contributed by atoms with E-state index < -0.39 is 33.1 Å². The van der Waals surface area contributed by atoms with Gasteiger partial charge < -0.3 is 14.9 Å². The van der Waals surface area contributed by atoms with Crippen LogP contribution < -0.4 is 0 Å². The molecule has 16 heavy (non-hydrogen) atoms. The molecule has 2 atom stereocenters. The molecule has 0 bridgehead atoms. The lowest BCUT2D eigenvalue weighted by atomic mass is 9.82. The van der Waals surface area contributed by atoms with Crippen molar-refractivity contribution in [2.75, 3.05) is 25.2 Å². The second-order valence-corrected chi connectivity index (χ2v) is 6.42. The number of carboxylic acids is 1. The van der Waals surface area contributed by atoms with Crippen molar-refractivity contribution >= 4 is 15.8 Å². The van der Waals surface area contributed by atoms with Crippen LogP contribution in [0.3, 0.4) is 0 Å². The molecule has 1 aliphatic rings. The van der Waals surface area contributed by atoms with E-state index in [1.807, 2.05) is 0 Å². The number of carboxylic acid groups (broad SMARTS) is 1. The summed E-state index contributed by atoms with van der Waals surface area (Å²) in [4.78, 5) is 11.1. The van der Waals surface area contributed by atoms with Crippen LogP contribution in [0.15, 0.2) is 0 Å². The molecule has 1 saturated heterocycles. The molecule has 1 rings (SSSR count). The Labute approximate surface area is 94.1 Å². The Morgan fingerprint density at radius 2 is 2.19 bits per heavy atom. The quantitative estimate of drug-likeness (QED) is 0.669. The van der Waals surface area contributed by atoms with Crippen LogP contribution >= 0.6 is 0 Å². The molecular formula is C9H16O6S. The lowest BCUT2D eigenvalue weighted by molar-refractivity contribution is -0.149.